The average Bonchev–Trinajstić information content (AvgIpc) is 2.14. The Morgan fingerprint density at radius 3 is 2.18 bits per heavy atom. The topological polar surface area (TPSA) is 53.3 Å². The van der Waals surface area contributed by atoms with E-state index in [-0.39, 0.29) is 17.1 Å². The van der Waals surface area contributed by atoms with E-state index in [0.717, 1.165) is 0 Å². The van der Waals surface area contributed by atoms with Crippen LogP contribution >= 0.6 is 0 Å². The molecule has 1 unspecified atom stereocenters. The lowest BCUT2D eigenvalue weighted by Crippen LogP contribution is -2.59. The Bertz CT molecular complexity index is 326. The number of morpholine rings is 1. The van der Waals surface area contributed by atoms with Crippen molar-refractivity contribution in [3.63, 3.8) is 0 Å². The Hall–Kier alpha value is -1.08. The number of carbonyl (C=O) groups is 1. The zero-order valence-electron chi connectivity index (χ0n) is 11.4. The van der Waals surface area contributed by atoms with Gasteiger partial charge < -0.3 is 9.64 Å². The first-order valence-corrected chi connectivity index (χ1v) is 6.09. The fraction of sp³-hybridized carbons (Fsp3) is 0.846. The molecule has 1 aliphatic rings. The van der Waals surface area contributed by atoms with Gasteiger partial charge in [-0.2, -0.15) is 5.26 Å². The summed E-state index contributed by atoms with van der Waals surface area (Å²) in [6.07, 6.45) is 0.563. The van der Waals surface area contributed by atoms with Crippen molar-refractivity contribution in [3.05, 3.63) is 0 Å². The Balaban J connectivity index is 2.85. The zero-order valence-corrected chi connectivity index (χ0v) is 11.4. The second-order valence-electron chi connectivity index (χ2n) is 5.91. The lowest BCUT2D eigenvalue weighted by atomic mass is 9.96. The van der Waals surface area contributed by atoms with Crippen LogP contribution in [0.3, 0.4) is 0 Å². The van der Waals surface area contributed by atoms with Gasteiger partial charge in [0.2, 0.25) is 5.91 Å². The molecule has 1 heterocycles. The van der Waals surface area contributed by atoms with E-state index in [0.29, 0.717) is 19.5 Å². The van der Waals surface area contributed by atoms with Crippen molar-refractivity contribution in [1.82, 2.24) is 4.90 Å². The van der Waals surface area contributed by atoms with Gasteiger partial charge in [-0.3, -0.25) is 4.79 Å². The van der Waals surface area contributed by atoms with E-state index in [9.17, 15) is 4.79 Å². The highest BCUT2D eigenvalue weighted by Crippen LogP contribution is 2.29. The van der Waals surface area contributed by atoms with Crippen LogP contribution in [0.1, 0.15) is 41.0 Å². The first kappa shape index (κ1) is 14.0. The predicted molar refractivity (Wildman–Crippen MR) is 65.2 cm³/mol. The lowest BCUT2D eigenvalue weighted by Gasteiger charge is -2.47. The number of rotatable bonds is 2. The van der Waals surface area contributed by atoms with Crippen molar-refractivity contribution in [2.24, 2.45) is 5.92 Å². The third kappa shape index (κ3) is 3.44. The van der Waals surface area contributed by atoms with E-state index in [4.69, 9.17) is 10.00 Å². The standard InChI is InChI=1S/C13H22N2O2/c1-6-10(7-14)11(16)15-8-12(2,3)17-13(4,5)9-15/h10H,6,8-9H2,1-5H3. The summed E-state index contributed by atoms with van der Waals surface area (Å²) in [7, 11) is 0. The lowest BCUT2D eigenvalue weighted by molar-refractivity contribution is -0.189. The van der Waals surface area contributed by atoms with E-state index >= 15 is 0 Å². The minimum absolute atomic E-state index is 0.0700. The van der Waals surface area contributed by atoms with Crippen LogP contribution < -0.4 is 0 Å². The number of carbonyl (C=O) groups excluding carboxylic acids is 1. The number of hydrogen-bond acceptors (Lipinski definition) is 3. The highest BCUT2D eigenvalue weighted by atomic mass is 16.5. The summed E-state index contributed by atoms with van der Waals surface area (Å²) in [5.74, 6) is -0.598. The predicted octanol–water partition coefficient (Wildman–Crippen LogP) is 1.95. The summed E-state index contributed by atoms with van der Waals surface area (Å²) in [6.45, 7) is 10.9. The van der Waals surface area contributed by atoms with Gasteiger partial charge in [-0.15, -0.1) is 0 Å². The molecular formula is C13H22N2O2. The van der Waals surface area contributed by atoms with Crippen molar-refractivity contribution in [2.45, 2.75) is 52.2 Å². The first-order valence-electron chi connectivity index (χ1n) is 6.09. The van der Waals surface area contributed by atoms with Crippen LogP contribution in [0.15, 0.2) is 0 Å². The second kappa shape index (κ2) is 4.66. The Morgan fingerprint density at radius 2 is 1.82 bits per heavy atom. The van der Waals surface area contributed by atoms with Gasteiger partial charge in [0.05, 0.1) is 17.3 Å². The fourth-order valence-corrected chi connectivity index (χ4v) is 2.49. The van der Waals surface area contributed by atoms with Crippen molar-refractivity contribution >= 4 is 5.91 Å². The molecule has 0 saturated carbocycles. The van der Waals surface area contributed by atoms with Crippen LogP contribution in [0.4, 0.5) is 0 Å². The summed E-state index contributed by atoms with van der Waals surface area (Å²) >= 11 is 0. The van der Waals surface area contributed by atoms with Gasteiger partial charge in [0.1, 0.15) is 5.92 Å². The van der Waals surface area contributed by atoms with Gasteiger partial charge >= 0.3 is 0 Å². The van der Waals surface area contributed by atoms with Crippen LogP contribution in [-0.2, 0) is 9.53 Å². The quantitative estimate of drug-likeness (QED) is 0.739. The van der Waals surface area contributed by atoms with Crippen molar-refractivity contribution in [1.29, 1.82) is 5.26 Å². The van der Waals surface area contributed by atoms with E-state index < -0.39 is 5.92 Å². The molecule has 0 aromatic rings. The molecule has 0 aliphatic carbocycles. The molecule has 0 bridgehead atoms. The Morgan fingerprint density at radius 1 is 1.35 bits per heavy atom. The van der Waals surface area contributed by atoms with Crippen LogP contribution in [0.5, 0.6) is 0 Å². The third-order valence-electron chi connectivity index (χ3n) is 2.87. The van der Waals surface area contributed by atoms with Gasteiger partial charge in [0.25, 0.3) is 0 Å². The van der Waals surface area contributed by atoms with E-state index in [1.807, 2.05) is 34.6 Å². The number of ether oxygens (including phenoxy) is 1. The maximum absolute atomic E-state index is 12.2. The molecule has 1 saturated heterocycles. The summed E-state index contributed by atoms with van der Waals surface area (Å²) in [4.78, 5) is 13.9. The van der Waals surface area contributed by atoms with E-state index in [2.05, 4.69) is 6.07 Å². The molecule has 0 aromatic heterocycles. The molecule has 0 aromatic carbocycles. The minimum atomic E-state index is -0.528. The SMILES string of the molecule is CCC(C#N)C(=O)N1CC(C)(C)OC(C)(C)C1. The van der Waals surface area contributed by atoms with Crippen molar-refractivity contribution in [2.75, 3.05) is 13.1 Å². The Labute approximate surface area is 104 Å². The van der Waals surface area contributed by atoms with E-state index in [1.54, 1.807) is 4.90 Å². The molecule has 4 heteroatoms. The van der Waals surface area contributed by atoms with Gasteiger partial charge in [-0.1, -0.05) is 6.92 Å². The fourth-order valence-electron chi connectivity index (χ4n) is 2.49. The summed E-state index contributed by atoms with van der Waals surface area (Å²) in [6, 6.07) is 2.07. The number of amides is 1. The number of nitrogens with zero attached hydrogens (tertiary/aromatic N) is 2. The van der Waals surface area contributed by atoms with Gasteiger partial charge in [-0.05, 0) is 34.1 Å². The second-order valence-corrected chi connectivity index (χ2v) is 5.91. The summed E-state index contributed by atoms with van der Waals surface area (Å²) in [5.41, 5.74) is -0.712. The molecule has 0 N–H and O–H groups in total. The molecule has 17 heavy (non-hydrogen) atoms. The average molecular weight is 238 g/mol. The maximum Gasteiger partial charge on any atom is 0.240 e. The molecule has 4 nitrogen and oxygen atoms in total. The normalized spacial score (nSPS) is 23.9. The van der Waals surface area contributed by atoms with Crippen molar-refractivity contribution in [3.8, 4) is 6.07 Å². The van der Waals surface area contributed by atoms with Crippen LogP contribution in [0, 0.1) is 17.2 Å². The maximum atomic E-state index is 12.2. The molecule has 1 atom stereocenters. The van der Waals surface area contributed by atoms with Crippen LogP contribution in [0.2, 0.25) is 0 Å². The monoisotopic (exact) mass is 238 g/mol. The summed E-state index contributed by atoms with van der Waals surface area (Å²) < 4.78 is 5.91. The number of nitriles is 1. The highest BCUT2D eigenvalue weighted by Gasteiger charge is 2.41. The zero-order chi connectivity index (χ0) is 13.3. The minimum Gasteiger partial charge on any atom is -0.366 e. The molecule has 1 fully saturated rings. The summed E-state index contributed by atoms with van der Waals surface area (Å²) in [5, 5.41) is 8.96. The Kier molecular flexibility index (Phi) is 3.83. The van der Waals surface area contributed by atoms with E-state index in [1.165, 1.54) is 0 Å². The molecule has 0 radical (unpaired) electrons. The molecule has 1 rings (SSSR count). The molecule has 0 spiro atoms. The van der Waals surface area contributed by atoms with Crippen LogP contribution in [0.25, 0.3) is 0 Å². The molecule has 1 aliphatic heterocycles. The van der Waals surface area contributed by atoms with Crippen molar-refractivity contribution < 1.29 is 9.53 Å². The smallest absolute Gasteiger partial charge is 0.240 e. The number of hydrogen-bond donors (Lipinski definition) is 0. The van der Waals surface area contributed by atoms with Gasteiger partial charge in [0.15, 0.2) is 0 Å². The molecule has 96 valence electrons. The third-order valence-corrected chi connectivity index (χ3v) is 2.87. The van der Waals surface area contributed by atoms with Gasteiger partial charge in [-0.25, -0.2) is 0 Å². The highest BCUT2D eigenvalue weighted by molar-refractivity contribution is 5.81. The molecule has 1 amide bonds. The first-order chi connectivity index (χ1) is 7.71. The van der Waals surface area contributed by atoms with Crippen LogP contribution in [-0.4, -0.2) is 35.1 Å². The molecular weight excluding hydrogens is 216 g/mol. The van der Waals surface area contributed by atoms with Gasteiger partial charge in [0, 0.05) is 13.1 Å². The largest absolute Gasteiger partial charge is 0.366 e.